The number of nitrogens with one attached hydrogen (secondary N) is 14. The molecule has 1 aliphatic heterocycles. The van der Waals surface area contributed by atoms with Crippen LogP contribution in [-0.2, 0) is 116 Å². The van der Waals surface area contributed by atoms with E-state index in [0.717, 1.165) is 33.4 Å². The van der Waals surface area contributed by atoms with E-state index < -0.39 is 65.0 Å². The Morgan fingerprint density at radius 1 is 0.400 bits per heavy atom. The lowest BCUT2D eigenvalue weighted by Gasteiger charge is -2.35. The molecule has 0 aromatic heterocycles. The molecular formula is C90H124N18O17. The number of fused-ring (bicyclic) bond motifs is 6. The van der Waals surface area contributed by atoms with Crippen molar-refractivity contribution in [1.82, 2.24) is 42.5 Å². The van der Waals surface area contributed by atoms with Gasteiger partial charge in [0.25, 0.3) is 17.7 Å². The van der Waals surface area contributed by atoms with E-state index in [2.05, 4.69) is 84.5 Å². The maximum atomic E-state index is 14.9. The summed E-state index contributed by atoms with van der Waals surface area (Å²) in [5, 5.41) is 44.1. The lowest BCUT2D eigenvalue weighted by molar-refractivity contribution is -0.119. The number of nitrogens with two attached hydrogens (primary N) is 1. The van der Waals surface area contributed by atoms with Crippen molar-refractivity contribution in [3.63, 3.8) is 0 Å². The Kier molecular flexibility index (Phi) is 40.7. The van der Waals surface area contributed by atoms with Gasteiger partial charge in [-0.05, 0) is 252 Å². The van der Waals surface area contributed by atoms with Crippen molar-refractivity contribution in [2.45, 2.75) is 256 Å². The maximum Gasteiger partial charge on any atom is 0.319 e. The molecule has 125 heavy (non-hydrogen) atoms. The third kappa shape index (κ3) is 31.0. The summed E-state index contributed by atoms with van der Waals surface area (Å²) in [6, 6.07) is 7.73. The highest BCUT2D eigenvalue weighted by Gasteiger charge is 2.36. The van der Waals surface area contributed by atoms with Crippen LogP contribution in [-0.4, -0.2) is 139 Å². The molecule has 35 nitrogen and oxygen atoms in total. The van der Waals surface area contributed by atoms with Gasteiger partial charge in [-0.1, -0.05) is 53.6 Å². The van der Waals surface area contributed by atoms with Crippen LogP contribution in [0.5, 0.6) is 0 Å². The van der Waals surface area contributed by atoms with Crippen molar-refractivity contribution in [2.24, 2.45) is 10.8 Å². The molecule has 15 amide bonds. The van der Waals surface area contributed by atoms with Gasteiger partial charge < -0.3 is 118 Å². The summed E-state index contributed by atoms with van der Waals surface area (Å²) in [4.78, 5) is 207. The summed E-state index contributed by atoms with van der Waals surface area (Å²) < 4.78 is 11.0. The average Bonchev–Trinajstić information content (AvgIpc) is 0.771. The van der Waals surface area contributed by atoms with Gasteiger partial charge in [0, 0.05) is 117 Å². The summed E-state index contributed by atoms with van der Waals surface area (Å²) in [6.07, 6.45) is 3.96. The number of Topliss-reactive ketones (excluding diaryl/α,β-unsaturated/α-hetero) is 6. The minimum absolute atomic E-state index is 0.00415. The van der Waals surface area contributed by atoms with Crippen LogP contribution in [0.3, 0.4) is 0 Å². The smallest absolute Gasteiger partial charge is 0.319 e. The van der Waals surface area contributed by atoms with E-state index >= 15 is 0 Å². The number of carbonyl (C=O) groups is 15. The van der Waals surface area contributed by atoms with E-state index in [1.54, 1.807) is 0 Å². The normalized spacial score (nSPS) is 12.6. The quantitative estimate of drug-likeness (QED) is 0.00746. The van der Waals surface area contributed by atoms with Gasteiger partial charge in [-0.2, -0.15) is 0 Å². The van der Waals surface area contributed by atoms with Crippen LogP contribution in [0.1, 0.15) is 265 Å². The second-order valence-corrected chi connectivity index (χ2v) is 31.1. The maximum absolute atomic E-state index is 14.9. The molecule has 676 valence electrons. The first-order valence-corrected chi connectivity index (χ1v) is 42.7. The molecule has 35 heteroatoms. The van der Waals surface area contributed by atoms with E-state index in [9.17, 15) is 71.9 Å². The minimum atomic E-state index is -1.20. The third-order valence-corrected chi connectivity index (χ3v) is 22.1. The molecule has 6 rings (SSSR count). The number of azide groups is 1. The van der Waals surface area contributed by atoms with Crippen LogP contribution in [0.15, 0.2) is 59.7 Å². The van der Waals surface area contributed by atoms with E-state index in [1.165, 1.54) is 96.1 Å². The number of amides is 15. The standard InChI is InChI=1S/C90H124N18O17/c1-14-62-63(15-2)69-48-97-87(122)104-78-45-59(80(115)93-39-41-124-43-44-125-42-40-99-108-92)21-24-75(78)102-85(120)95-51-72-66(18-5)71(50-94-84(119)101-74-25-22-60(46-77(74)100-83(91)118)81(116)106-89(33-27-53(8)109,34-28-54(9)110)35-29-55(10)111)67(19-6)73(68(72)20-7)52-96-86(121)103-76-26-23-61(47-79(76)105-88(123)98-49-70(64(62)16-3)65(69)17-4)82(117)107-90(36-30-56(11)112,37-31-57(12)113)38-32-58(13)114/h21-26,45-47H,14-20,27-44,48-52H2,1-13H3,(H,93,115)(H,106,116)(H,107,117)(H3,91,100,118)(H2,94,101,119)(H2,95,102,120)(H2,96,103,121)(H2,97,104,122)(H2,98,105,123). The molecule has 0 fully saturated rings. The highest BCUT2D eigenvalue weighted by Crippen LogP contribution is 2.37. The van der Waals surface area contributed by atoms with Crippen LogP contribution in [0.2, 0.25) is 0 Å². The summed E-state index contributed by atoms with van der Waals surface area (Å²) in [5.74, 6) is -2.96. The molecule has 0 radical (unpaired) electrons. The Bertz CT molecular complexity index is 4770. The topological polar surface area (TPSA) is 518 Å². The number of anilines is 6. The summed E-state index contributed by atoms with van der Waals surface area (Å²) >= 11 is 0. The van der Waals surface area contributed by atoms with Crippen LogP contribution >= 0.6 is 0 Å². The molecule has 0 saturated carbocycles. The zero-order chi connectivity index (χ0) is 92.1. The van der Waals surface area contributed by atoms with Crippen LogP contribution in [0, 0.1) is 0 Å². The van der Waals surface area contributed by atoms with Crippen molar-refractivity contribution >= 4 is 123 Å². The zero-order valence-electron chi connectivity index (χ0n) is 74.3. The van der Waals surface area contributed by atoms with Gasteiger partial charge in [0.1, 0.15) is 34.7 Å². The van der Waals surface area contributed by atoms with Crippen molar-refractivity contribution in [2.75, 3.05) is 71.4 Å². The second kappa shape index (κ2) is 50.2. The van der Waals surface area contributed by atoms with Gasteiger partial charge in [0.05, 0.1) is 60.6 Å². The van der Waals surface area contributed by atoms with Gasteiger partial charge in [-0.25, -0.2) is 28.8 Å². The lowest BCUT2D eigenvalue weighted by Crippen LogP contribution is -2.49. The molecule has 1 heterocycles. The first-order valence-electron chi connectivity index (χ1n) is 42.7. The van der Waals surface area contributed by atoms with E-state index in [0.29, 0.717) is 78.3 Å². The highest BCUT2D eigenvalue weighted by molar-refractivity contribution is 6.06. The Labute approximate surface area is 729 Å². The summed E-state index contributed by atoms with van der Waals surface area (Å²) in [5.41, 5.74) is 21.2. The second-order valence-electron chi connectivity index (χ2n) is 31.1. The molecule has 0 aliphatic carbocycles. The number of ether oxygens (including phenoxy) is 2. The molecule has 4 bridgehead atoms. The van der Waals surface area contributed by atoms with Crippen molar-refractivity contribution < 1.29 is 81.4 Å². The Hall–Kier alpha value is -12.6. The number of hydrogen-bond donors (Lipinski definition) is 15. The van der Waals surface area contributed by atoms with Gasteiger partial charge in [0.2, 0.25) is 0 Å². The molecule has 0 unspecified atom stereocenters. The monoisotopic (exact) mass is 1730 g/mol. The molecular weight excluding hydrogens is 1610 g/mol. The lowest BCUT2D eigenvalue weighted by atomic mass is 9.81. The highest BCUT2D eigenvalue weighted by atomic mass is 16.5. The Morgan fingerprint density at radius 3 is 1.09 bits per heavy atom. The van der Waals surface area contributed by atoms with Crippen molar-refractivity contribution in [3.05, 3.63) is 148 Å². The predicted molar refractivity (Wildman–Crippen MR) is 478 cm³/mol. The molecule has 5 aromatic carbocycles. The molecule has 1 aliphatic rings. The van der Waals surface area contributed by atoms with Crippen LogP contribution in [0.4, 0.5) is 62.9 Å². The molecule has 0 spiro atoms. The number of rotatable bonds is 43. The molecule has 0 saturated heterocycles. The van der Waals surface area contributed by atoms with Crippen molar-refractivity contribution in [3.8, 4) is 0 Å². The fraction of sp³-hybridized carbons (Fsp3) is 0.500. The summed E-state index contributed by atoms with van der Waals surface area (Å²) in [7, 11) is 0. The fourth-order valence-electron chi connectivity index (χ4n) is 15.8. The molecule has 5 aromatic rings. The average molecular weight is 1730 g/mol. The number of ketones is 6. The van der Waals surface area contributed by atoms with Crippen molar-refractivity contribution in [1.29, 1.82) is 0 Å². The molecule has 0 atom stereocenters. The first-order chi connectivity index (χ1) is 59.6. The first kappa shape index (κ1) is 101. The van der Waals surface area contributed by atoms with Gasteiger partial charge in [0.15, 0.2) is 0 Å². The Morgan fingerprint density at radius 2 is 0.736 bits per heavy atom. The molecule has 16 N–H and O–H groups in total. The van der Waals surface area contributed by atoms with Gasteiger partial charge in [-0.15, -0.1) is 0 Å². The van der Waals surface area contributed by atoms with E-state index in [4.69, 9.17) is 20.7 Å². The SMILES string of the molecule is CCc1c(CC)c2c(CC)c(c1CC)CNC(=O)Nc1cc(C(=O)NC(CCC(C)=O)(CCC(C)=O)CCC(C)=O)ccc1NC(=O)NCc1c(CC)c(CNC(=O)Nc3ccc(C(=O)NC(CCC(C)=O)(CCC(C)=O)CCC(C)=O)cc3NC(N)=O)c(CC)c(c1CC)CNC(=O)Nc1ccc(C(=O)NCCOCCOCCN=[N+]=[N-])cc1NC(=O)NC2. The van der Waals surface area contributed by atoms with Gasteiger partial charge in [-0.3, -0.25) is 14.4 Å². The zero-order valence-corrected chi connectivity index (χ0v) is 74.3. The van der Waals surface area contributed by atoms with Crippen LogP contribution < -0.4 is 80.2 Å². The largest absolute Gasteiger partial charge is 0.379 e. The predicted octanol–water partition coefficient (Wildman–Crippen LogP) is 13.3. The Balaban J connectivity index is 1.50. The fourth-order valence-corrected chi connectivity index (χ4v) is 15.8. The number of urea groups is 6. The number of nitrogens with zero attached hydrogens (tertiary/aromatic N) is 3. The van der Waals surface area contributed by atoms with Crippen LogP contribution in [0.25, 0.3) is 10.4 Å². The number of primary amides is 1. The summed E-state index contributed by atoms with van der Waals surface area (Å²) in [6.45, 7) is 22.4. The minimum Gasteiger partial charge on any atom is -0.379 e. The van der Waals surface area contributed by atoms with E-state index in [-0.39, 0.29) is 235 Å². The van der Waals surface area contributed by atoms with Gasteiger partial charge >= 0.3 is 36.2 Å². The third-order valence-electron chi connectivity index (χ3n) is 22.1. The number of benzene rings is 5. The number of hydrogen-bond acceptors (Lipinski definition) is 18. The number of carbonyl (C=O) groups excluding carboxylic acids is 15. The van der Waals surface area contributed by atoms with E-state index in [1.807, 2.05) is 48.5 Å².